The molecule has 0 heterocycles. The zero-order valence-electron chi connectivity index (χ0n) is 17.6. The van der Waals surface area contributed by atoms with Crippen LogP contribution in [0.5, 0.6) is 5.75 Å². The number of rotatable bonds is 9. The van der Waals surface area contributed by atoms with Gasteiger partial charge in [-0.2, -0.15) is 0 Å². The molecule has 6 nitrogen and oxygen atoms in total. The maximum Gasteiger partial charge on any atom is 0.191 e. The molecule has 7 heteroatoms. The Labute approximate surface area is 174 Å². The molecule has 1 atom stereocenters. The van der Waals surface area contributed by atoms with Crippen LogP contribution in [0, 0.1) is 6.92 Å². The third-order valence-corrected chi connectivity index (χ3v) is 5.05. The van der Waals surface area contributed by atoms with Gasteiger partial charge in [0.2, 0.25) is 0 Å². The summed E-state index contributed by atoms with van der Waals surface area (Å²) in [7, 11) is -3.02. The Balaban J connectivity index is 1.91. The largest absolute Gasteiger partial charge is 0.489 e. The summed E-state index contributed by atoms with van der Waals surface area (Å²) < 4.78 is 28.8. The van der Waals surface area contributed by atoms with Gasteiger partial charge in [0.25, 0.3) is 0 Å². The summed E-state index contributed by atoms with van der Waals surface area (Å²) in [5.74, 6) is 1.66. The fourth-order valence-corrected chi connectivity index (χ4v) is 3.54. The summed E-state index contributed by atoms with van der Waals surface area (Å²) in [5.41, 5.74) is 2.91. The Bertz CT molecular complexity index is 909. The van der Waals surface area contributed by atoms with Gasteiger partial charge in [-0.3, -0.25) is 0 Å². The minimum atomic E-state index is -3.02. The smallest absolute Gasteiger partial charge is 0.191 e. The van der Waals surface area contributed by atoms with Crippen molar-refractivity contribution in [3.8, 4) is 5.75 Å². The maximum atomic E-state index is 11.4. The predicted octanol–water partition coefficient (Wildman–Crippen LogP) is 3.06. The molecule has 0 aliphatic heterocycles. The first-order chi connectivity index (χ1) is 13.8. The van der Waals surface area contributed by atoms with E-state index < -0.39 is 9.84 Å². The Morgan fingerprint density at radius 1 is 1.07 bits per heavy atom. The van der Waals surface area contributed by atoms with Gasteiger partial charge in [0.05, 0.1) is 18.8 Å². The van der Waals surface area contributed by atoms with Crippen molar-refractivity contribution in [1.82, 2.24) is 10.6 Å². The first-order valence-electron chi connectivity index (χ1n) is 9.77. The van der Waals surface area contributed by atoms with Gasteiger partial charge < -0.3 is 15.4 Å². The summed E-state index contributed by atoms with van der Waals surface area (Å²) >= 11 is 0. The molecule has 29 heavy (non-hydrogen) atoms. The van der Waals surface area contributed by atoms with E-state index in [2.05, 4.69) is 15.6 Å². The van der Waals surface area contributed by atoms with Gasteiger partial charge >= 0.3 is 0 Å². The quantitative estimate of drug-likeness (QED) is 0.484. The van der Waals surface area contributed by atoms with Crippen LogP contribution >= 0.6 is 0 Å². The molecule has 0 amide bonds. The van der Waals surface area contributed by atoms with E-state index in [0.717, 1.165) is 29.0 Å². The molecular weight excluding hydrogens is 386 g/mol. The van der Waals surface area contributed by atoms with E-state index in [1.807, 2.05) is 69.3 Å². The fourth-order valence-electron chi connectivity index (χ4n) is 2.74. The van der Waals surface area contributed by atoms with E-state index in [4.69, 9.17) is 4.74 Å². The number of hydrogen-bond donors (Lipinski definition) is 2. The average Bonchev–Trinajstić information content (AvgIpc) is 2.66. The van der Waals surface area contributed by atoms with Crippen molar-refractivity contribution in [2.75, 3.05) is 19.3 Å². The number of nitrogens with one attached hydrogen (secondary N) is 2. The SMILES string of the molecule is CCNC(=NCc1ccc(CS(C)(=O)=O)cc1)NCC(C)Oc1ccccc1C. The van der Waals surface area contributed by atoms with Gasteiger partial charge in [0.15, 0.2) is 15.8 Å². The Morgan fingerprint density at radius 3 is 2.34 bits per heavy atom. The first-order valence-corrected chi connectivity index (χ1v) is 11.8. The first kappa shape index (κ1) is 22.7. The van der Waals surface area contributed by atoms with Gasteiger partial charge in [-0.1, -0.05) is 42.5 Å². The highest BCUT2D eigenvalue weighted by Crippen LogP contribution is 2.17. The second kappa shape index (κ2) is 10.9. The van der Waals surface area contributed by atoms with Crippen molar-refractivity contribution in [2.45, 2.75) is 39.2 Å². The Hall–Kier alpha value is -2.54. The second-order valence-electron chi connectivity index (χ2n) is 7.16. The number of guanidine groups is 1. The van der Waals surface area contributed by atoms with E-state index in [9.17, 15) is 8.42 Å². The maximum absolute atomic E-state index is 11.4. The number of sulfone groups is 1. The lowest BCUT2D eigenvalue weighted by Gasteiger charge is -2.18. The van der Waals surface area contributed by atoms with Crippen LogP contribution in [0.3, 0.4) is 0 Å². The van der Waals surface area contributed by atoms with Crippen molar-refractivity contribution in [3.05, 3.63) is 65.2 Å². The molecule has 0 fully saturated rings. The van der Waals surface area contributed by atoms with Crippen molar-refractivity contribution in [1.29, 1.82) is 0 Å². The van der Waals surface area contributed by atoms with E-state index >= 15 is 0 Å². The van der Waals surface area contributed by atoms with E-state index in [-0.39, 0.29) is 11.9 Å². The number of aryl methyl sites for hydroxylation is 1. The monoisotopic (exact) mass is 417 g/mol. The number of para-hydroxylation sites is 1. The minimum Gasteiger partial charge on any atom is -0.489 e. The van der Waals surface area contributed by atoms with Gasteiger partial charge in [-0.15, -0.1) is 0 Å². The normalized spacial score (nSPS) is 13.0. The molecule has 0 spiro atoms. The van der Waals surface area contributed by atoms with Gasteiger partial charge in [0.1, 0.15) is 11.9 Å². The molecule has 2 rings (SSSR count). The molecule has 1 unspecified atom stereocenters. The molecule has 0 radical (unpaired) electrons. The fraction of sp³-hybridized carbons (Fsp3) is 0.409. The zero-order valence-corrected chi connectivity index (χ0v) is 18.4. The lowest BCUT2D eigenvalue weighted by molar-refractivity contribution is 0.222. The van der Waals surface area contributed by atoms with Crippen LogP contribution in [0.1, 0.15) is 30.5 Å². The molecular formula is C22H31N3O3S. The van der Waals surface area contributed by atoms with Crippen LogP contribution in [0.4, 0.5) is 0 Å². The van der Waals surface area contributed by atoms with Crippen molar-refractivity contribution in [3.63, 3.8) is 0 Å². The van der Waals surface area contributed by atoms with Crippen LogP contribution in [0.25, 0.3) is 0 Å². The van der Waals surface area contributed by atoms with Crippen molar-refractivity contribution < 1.29 is 13.2 Å². The summed E-state index contributed by atoms with van der Waals surface area (Å²) in [5, 5.41) is 6.54. The average molecular weight is 418 g/mol. The standard InChI is InChI=1S/C22H31N3O3S/c1-5-23-22(24-14-18(3)28-21-9-7-6-8-17(21)2)25-15-19-10-12-20(13-11-19)16-29(4,26)27/h6-13,18H,5,14-16H2,1-4H3,(H2,23,24,25). The molecule has 0 bridgehead atoms. The summed E-state index contributed by atoms with van der Waals surface area (Å²) in [4.78, 5) is 4.61. The molecule has 2 aromatic carbocycles. The van der Waals surface area contributed by atoms with Gasteiger partial charge in [-0.25, -0.2) is 13.4 Å². The highest BCUT2D eigenvalue weighted by atomic mass is 32.2. The third kappa shape index (κ3) is 8.56. The highest BCUT2D eigenvalue weighted by molar-refractivity contribution is 7.89. The van der Waals surface area contributed by atoms with Crippen molar-refractivity contribution >= 4 is 15.8 Å². The van der Waals surface area contributed by atoms with Crippen LogP contribution in [0.2, 0.25) is 0 Å². The molecule has 0 aliphatic carbocycles. The van der Waals surface area contributed by atoms with Crippen LogP contribution in [-0.2, 0) is 22.1 Å². The minimum absolute atomic E-state index is 0.0183. The summed E-state index contributed by atoms with van der Waals surface area (Å²) in [6, 6.07) is 15.5. The van der Waals surface area contributed by atoms with E-state index in [0.29, 0.717) is 19.0 Å². The summed E-state index contributed by atoms with van der Waals surface area (Å²) in [6.07, 6.45) is 1.22. The topological polar surface area (TPSA) is 79.8 Å². The number of hydrogen-bond acceptors (Lipinski definition) is 4. The zero-order chi connectivity index (χ0) is 21.3. The number of nitrogens with zero attached hydrogens (tertiary/aromatic N) is 1. The van der Waals surface area contributed by atoms with E-state index in [1.165, 1.54) is 6.26 Å². The number of aliphatic imine (C=N–C) groups is 1. The van der Waals surface area contributed by atoms with Gasteiger partial charge in [0, 0.05) is 12.8 Å². The number of benzene rings is 2. The molecule has 158 valence electrons. The Kier molecular flexibility index (Phi) is 8.51. The number of ether oxygens (including phenoxy) is 1. The third-order valence-electron chi connectivity index (χ3n) is 4.19. The van der Waals surface area contributed by atoms with Crippen LogP contribution < -0.4 is 15.4 Å². The lowest BCUT2D eigenvalue weighted by Crippen LogP contribution is -2.41. The van der Waals surface area contributed by atoms with Gasteiger partial charge in [-0.05, 0) is 43.5 Å². The van der Waals surface area contributed by atoms with Crippen LogP contribution in [-0.4, -0.2) is 39.8 Å². The molecule has 2 N–H and O–H groups in total. The van der Waals surface area contributed by atoms with Crippen molar-refractivity contribution in [2.24, 2.45) is 4.99 Å². The lowest BCUT2D eigenvalue weighted by atomic mass is 10.1. The second-order valence-corrected chi connectivity index (χ2v) is 9.30. The molecule has 0 saturated carbocycles. The predicted molar refractivity (Wildman–Crippen MR) is 119 cm³/mol. The highest BCUT2D eigenvalue weighted by Gasteiger charge is 2.08. The summed E-state index contributed by atoms with van der Waals surface area (Å²) in [6.45, 7) is 7.94. The van der Waals surface area contributed by atoms with E-state index in [1.54, 1.807) is 0 Å². The molecule has 2 aromatic rings. The molecule has 0 aliphatic rings. The molecule has 0 saturated heterocycles. The Morgan fingerprint density at radius 2 is 1.72 bits per heavy atom. The molecule has 0 aromatic heterocycles. The van der Waals surface area contributed by atoms with Crippen LogP contribution in [0.15, 0.2) is 53.5 Å².